The molecule has 3 heterocycles. The lowest BCUT2D eigenvalue weighted by Gasteiger charge is -2.06. The first-order valence-electron chi connectivity index (χ1n) is 7.09. The zero-order chi connectivity index (χ0) is 16.1. The van der Waals surface area contributed by atoms with Crippen LogP contribution < -0.4 is 11.1 Å². The van der Waals surface area contributed by atoms with Crippen LogP contribution in [0.1, 0.15) is 16.2 Å². The molecule has 3 aromatic heterocycles. The number of aromatic nitrogens is 3. The van der Waals surface area contributed by atoms with Crippen molar-refractivity contribution in [1.29, 1.82) is 0 Å². The highest BCUT2D eigenvalue weighted by atomic mass is 16.3. The molecule has 0 bridgehead atoms. The van der Waals surface area contributed by atoms with Gasteiger partial charge in [-0.3, -0.25) is 9.78 Å². The second kappa shape index (κ2) is 6.69. The molecule has 0 saturated carbocycles. The molecule has 0 fully saturated rings. The van der Waals surface area contributed by atoms with Crippen LogP contribution >= 0.6 is 0 Å². The first-order valence-corrected chi connectivity index (χ1v) is 7.09. The Morgan fingerprint density at radius 3 is 2.87 bits per heavy atom. The minimum atomic E-state index is -0.317. The van der Waals surface area contributed by atoms with Crippen LogP contribution in [-0.4, -0.2) is 27.4 Å². The summed E-state index contributed by atoms with van der Waals surface area (Å²) in [7, 11) is 0. The number of furan rings is 1. The Hall–Kier alpha value is -3.22. The number of nitrogen functional groups attached to an aromatic ring is 1. The van der Waals surface area contributed by atoms with E-state index in [0.29, 0.717) is 24.4 Å². The average Bonchev–Trinajstić information content (AvgIpc) is 3.10. The molecule has 0 spiro atoms. The zero-order valence-electron chi connectivity index (χ0n) is 12.3. The SMILES string of the molecule is Nc1nc(C(=O)NCCc2ccccn2)cc(-c2ccco2)n1. The van der Waals surface area contributed by atoms with Crippen LogP contribution in [0, 0.1) is 0 Å². The molecule has 3 N–H and O–H groups in total. The van der Waals surface area contributed by atoms with Crippen molar-refractivity contribution in [3.8, 4) is 11.5 Å². The smallest absolute Gasteiger partial charge is 0.270 e. The van der Waals surface area contributed by atoms with Crippen LogP contribution in [-0.2, 0) is 6.42 Å². The highest BCUT2D eigenvalue weighted by molar-refractivity contribution is 5.93. The molecule has 7 nitrogen and oxygen atoms in total. The number of hydrogen-bond donors (Lipinski definition) is 2. The van der Waals surface area contributed by atoms with Crippen molar-refractivity contribution in [2.24, 2.45) is 0 Å². The van der Waals surface area contributed by atoms with Gasteiger partial charge in [-0.15, -0.1) is 0 Å². The predicted molar refractivity (Wildman–Crippen MR) is 84.4 cm³/mol. The van der Waals surface area contributed by atoms with Gasteiger partial charge in [-0.05, 0) is 30.3 Å². The lowest BCUT2D eigenvalue weighted by molar-refractivity contribution is 0.0949. The number of amides is 1. The molecule has 0 radical (unpaired) electrons. The van der Waals surface area contributed by atoms with Crippen LogP contribution in [0.2, 0.25) is 0 Å². The molecule has 1 amide bonds. The number of rotatable bonds is 5. The molecule has 0 atom stereocenters. The maximum absolute atomic E-state index is 12.2. The monoisotopic (exact) mass is 309 g/mol. The van der Waals surface area contributed by atoms with Gasteiger partial charge in [0.25, 0.3) is 5.91 Å². The standard InChI is InChI=1S/C16H15N5O2/c17-16-20-12(14-5-3-9-23-14)10-13(21-16)15(22)19-8-6-11-4-1-2-7-18-11/h1-5,7,9-10H,6,8H2,(H,19,22)(H2,17,20,21). The highest BCUT2D eigenvalue weighted by Gasteiger charge is 2.13. The van der Waals surface area contributed by atoms with Crippen LogP contribution in [0.4, 0.5) is 5.95 Å². The Balaban J connectivity index is 1.67. The molecule has 0 saturated heterocycles. The summed E-state index contributed by atoms with van der Waals surface area (Å²) in [6.45, 7) is 0.454. The third-order valence-electron chi connectivity index (χ3n) is 3.14. The van der Waals surface area contributed by atoms with E-state index < -0.39 is 0 Å². The minimum absolute atomic E-state index is 0.0220. The quantitative estimate of drug-likeness (QED) is 0.742. The molecule has 0 aliphatic rings. The molecule has 23 heavy (non-hydrogen) atoms. The predicted octanol–water partition coefficient (Wildman–Crippen LogP) is 1.69. The molecule has 0 aliphatic carbocycles. The highest BCUT2D eigenvalue weighted by Crippen LogP contribution is 2.18. The summed E-state index contributed by atoms with van der Waals surface area (Å²) in [5.74, 6) is 0.234. The fraction of sp³-hybridized carbons (Fsp3) is 0.125. The van der Waals surface area contributed by atoms with Gasteiger partial charge in [-0.1, -0.05) is 6.07 Å². The van der Waals surface area contributed by atoms with Gasteiger partial charge in [-0.2, -0.15) is 0 Å². The molecular weight excluding hydrogens is 294 g/mol. The molecule has 3 rings (SSSR count). The maximum atomic E-state index is 12.2. The van der Waals surface area contributed by atoms with Crippen LogP contribution in [0.5, 0.6) is 0 Å². The summed E-state index contributed by atoms with van der Waals surface area (Å²) < 4.78 is 5.26. The van der Waals surface area contributed by atoms with Gasteiger partial charge in [0.1, 0.15) is 11.4 Å². The molecular formula is C16H15N5O2. The van der Waals surface area contributed by atoms with Gasteiger partial charge in [0.05, 0.1) is 6.26 Å². The van der Waals surface area contributed by atoms with Crippen molar-refractivity contribution in [2.75, 3.05) is 12.3 Å². The second-order valence-corrected chi connectivity index (χ2v) is 4.80. The summed E-state index contributed by atoms with van der Waals surface area (Å²) >= 11 is 0. The van der Waals surface area contributed by atoms with E-state index in [0.717, 1.165) is 5.69 Å². The van der Waals surface area contributed by atoms with Crippen molar-refractivity contribution >= 4 is 11.9 Å². The van der Waals surface area contributed by atoms with Gasteiger partial charge in [-0.25, -0.2) is 9.97 Å². The third-order valence-corrected chi connectivity index (χ3v) is 3.14. The second-order valence-electron chi connectivity index (χ2n) is 4.80. The van der Waals surface area contributed by atoms with Crippen molar-refractivity contribution in [2.45, 2.75) is 6.42 Å². The number of carbonyl (C=O) groups excluding carboxylic acids is 1. The Labute approximate surface area is 132 Å². The van der Waals surface area contributed by atoms with E-state index in [1.165, 1.54) is 6.26 Å². The van der Waals surface area contributed by atoms with E-state index in [9.17, 15) is 4.79 Å². The Kier molecular flexibility index (Phi) is 4.28. The van der Waals surface area contributed by atoms with Crippen molar-refractivity contribution in [3.63, 3.8) is 0 Å². The first-order chi connectivity index (χ1) is 11.2. The van der Waals surface area contributed by atoms with E-state index in [4.69, 9.17) is 10.2 Å². The van der Waals surface area contributed by atoms with Gasteiger partial charge >= 0.3 is 0 Å². The lowest BCUT2D eigenvalue weighted by atomic mass is 10.2. The number of anilines is 1. The van der Waals surface area contributed by atoms with Gasteiger partial charge in [0, 0.05) is 24.9 Å². The fourth-order valence-electron chi connectivity index (χ4n) is 2.07. The van der Waals surface area contributed by atoms with E-state index in [1.807, 2.05) is 18.2 Å². The molecule has 3 aromatic rings. The van der Waals surface area contributed by atoms with Gasteiger partial charge < -0.3 is 15.5 Å². The number of nitrogens with one attached hydrogen (secondary N) is 1. The molecule has 0 aromatic carbocycles. The van der Waals surface area contributed by atoms with E-state index in [1.54, 1.807) is 24.4 Å². The van der Waals surface area contributed by atoms with Crippen molar-refractivity contribution in [1.82, 2.24) is 20.3 Å². The number of hydrogen-bond acceptors (Lipinski definition) is 6. The van der Waals surface area contributed by atoms with Crippen LogP contribution in [0.15, 0.2) is 53.3 Å². The lowest BCUT2D eigenvalue weighted by Crippen LogP contribution is -2.27. The Morgan fingerprint density at radius 1 is 1.22 bits per heavy atom. The molecule has 0 unspecified atom stereocenters. The summed E-state index contributed by atoms with van der Waals surface area (Å²) in [5.41, 5.74) is 7.25. The third kappa shape index (κ3) is 3.70. The number of carbonyl (C=O) groups is 1. The van der Waals surface area contributed by atoms with Crippen LogP contribution in [0.25, 0.3) is 11.5 Å². The Morgan fingerprint density at radius 2 is 2.13 bits per heavy atom. The van der Waals surface area contributed by atoms with Crippen LogP contribution in [0.3, 0.4) is 0 Å². The topological polar surface area (TPSA) is 107 Å². The van der Waals surface area contributed by atoms with E-state index >= 15 is 0 Å². The molecule has 0 aliphatic heterocycles. The van der Waals surface area contributed by atoms with E-state index in [-0.39, 0.29) is 17.5 Å². The van der Waals surface area contributed by atoms with Gasteiger partial charge in [0.2, 0.25) is 5.95 Å². The van der Waals surface area contributed by atoms with Crippen molar-refractivity contribution in [3.05, 3.63) is 60.2 Å². The first kappa shape index (κ1) is 14.7. The van der Waals surface area contributed by atoms with Crippen molar-refractivity contribution < 1.29 is 9.21 Å². The zero-order valence-corrected chi connectivity index (χ0v) is 12.3. The van der Waals surface area contributed by atoms with E-state index in [2.05, 4.69) is 20.3 Å². The number of nitrogens with zero attached hydrogens (tertiary/aromatic N) is 3. The fourth-order valence-corrected chi connectivity index (χ4v) is 2.07. The Bertz CT molecular complexity index is 787. The summed E-state index contributed by atoms with van der Waals surface area (Å²) in [5, 5.41) is 2.79. The minimum Gasteiger partial charge on any atom is -0.463 e. The normalized spacial score (nSPS) is 10.4. The summed E-state index contributed by atoms with van der Waals surface area (Å²) in [6.07, 6.45) is 3.89. The average molecular weight is 309 g/mol. The van der Waals surface area contributed by atoms with Gasteiger partial charge in [0.15, 0.2) is 5.76 Å². The largest absolute Gasteiger partial charge is 0.463 e. The molecule has 116 valence electrons. The number of pyridine rings is 1. The summed E-state index contributed by atoms with van der Waals surface area (Å²) in [4.78, 5) is 24.4. The molecule has 7 heteroatoms. The number of nitrogens with two attached hydrogens (primary N) is 1. The summed E-state index contributed by atoms with van der Waals surface area (Å²) in [6, 6.07) is 10.7. The maximum Gasteiger partial charge on any atom is 0.270 e.